The molecule has 1 fully saturated rings. The number of ether oxygens (including phenoxy) is 1. The van der Waals surface area contributed by atoms with E-state index in [1.54, 1.807) is 0 Å². The minimum Gasteiger partial charge on any atom is -0.382 e. The van der Waals surface area contributed by atoms with E-state index in [9.17, 15) is 5.11 Å². The summed E-state index contributed by atoms with van der Waals surface area (Å²) in [7, 11) is 0. The Morgan fingerprint density at radius 2 is 1.68 bits per heavy atom. The number of hydrogen-bond donors (Lipinski definition) is 2. The molecule has 0 spiro atoms. The first-order valence-electron chi connectivity index (χ1n) is 9.92. The largest absolute Gasteiger partial charge is 0.382 e. The molecule has 1 saturated heterocycles. The SMILES string of the molecule is Cc1cccc(-c2ccccc2)c1CC(O)(c1ccccc1)C1CNCCO1. The van der Waals surface area contributed by atoms with E-state index in [1.165, 1.54) is 16.7 Å². The molecular formula is C25H27NO2. The Labute approximate surface area is 167 Å². The van der Waals surface area contributed by atoms with Crippen molar-refractivity contribution in [1.82, 2.24) is 5.32 Å². The molecule has 2 atom stereocenters. The number of morpholine rings is 1. The van der Waals surface area contributed by atoms with Crippen LogP contribution in [0.25, 0.3) is 11.1 Å². The molecule has 2 N–H and O–H groups in total. The molecule has 4 rings (SSSR count). The Hall–Kier alpha value is -2.46. The van der Waals surface area contributed by atoms with Crippen LogP contribution < -0.4 is 5.32 Å². The zero-order chi connectivity index (χ0) is 19.4. The fourth-order valence-corrected chi connectivity index (χ4v) is 4.10. The summed E-state index contributed by atoms with van der Waals surface area (Å²) in [4.78, 5) is 0. The summed E-state index contributed by atoms with van der Waals surface area (Å²) in [5, 5.41) is 15.4. The van der Waals surface area contributed by atoms with Gasteiger partial charge in [0.15, 0.2) is 0 Å². The van der Waals surface area contributed by atoms with Gasteiger partial charge in [0.1, 0.15) is 11.7 Å². The molecule has 3 heteroatoms. The molecule has 0 saturated carbocycles. The maximum atomic E-state index is 12.0. The van der Waals surface area contributed by atoms with Crippen LogP contribution in [-0.2, 0) is 16.8 Å². The van der Waals surface area contributed by atoms with Crippen LogP contribution in [0, 0.1) is 6.92 Å². The molecule has 1 aliphatic heterocycles. The lowest BCUT2D eigenvalue weighted by molar-refractivity contribution is -0.124. The molecule has 0 amide bonds. The van der Waals surface area contributed by atoms with Crippen molar-refractivity contribution >= 4 is 0 Å². The smallest absolute Gasteiger partial charge is 0.121 e. The first-order valence-corrected chi connectivity index (χ1v) is 9.92. The Morgan fingerprint density at radius 3 is 2.36 bits per heavy atom. The van der Waals surface area contributed by atoms with Crippen LogP contribution in [0.15, 0.2) is 78.9 Å². The Balaban J connectivity index is 1.80. The molecule has 3 nitrogen and oxygen atoms in total. The molecular weight excluding hydrogens is 346 g/mol. The van der Waals surface area contributed by atoms with Gasteiger partial charge in [-0.3, -0.25) is 0 Å². The molecule has 2 unspecified atom stereocenters. The summed E-state index contributed by atoms with van der Waals surface area (Å²) in [6.07, 6.45) is 0.201. The number of aliphatic hydroxyl groups is 1. The van der Waals surface area contributed by atoms with Crippen LogP contribution in [0.4, 0.5) is 0 Å². The van der Waals surface area contributed by atoms with Crippen molar-refractivity contribution in [3.8, 4) is 11.1 Å². The van der Waals surface area contributed by atoms with Crippen LogP contribution in [0.5, 0.6) is 0 Å². The highest BCUT2D eigenvalue weighted by molar-refractivity contribution is 5.69. The van der Waals surface area contributed by atoms with Crippen molar-refractivity contribution in [2.75, 3.05) is 19.7 Å². The van der Waals surface area contributed by atoms with Crippen molar-refractivity contribution in [2.24, 2.45) is 0 Å². The second-order valence-electron chi connectivity index (χ2n) is 7.50. The van der Waals surface area contributed by atoms with Crippen LogP contribution >= 0.6 is 0 Å². The van der Waals surface area contributed by atoms with Gasteiger partial charge in [0, 0.05) is 19.5 Å². The molecule has 0 aliphatic carbocycles. The van der Waals surface area contributed by atoms with Crippen molar-refractivity contribution in [3.63, 3.8) is 0 Å². The van der Waals surface area contributed by atoms with Crippen LogP contribution in [0.3, 0.4) is 0 Å². The predicted molar refractivity (Wildman–Crippen MR) is 113 cm³/mol. The summed E-state index contributed by atoms with van der Waals surface area (Å²) in [6.45, 7) is 4.19. The summed E-state index contributed by atoms with van der Waals surface area (Å²) < 4.78 is 6.04. The van der Waals surface area contributed by atoms with E-state index in [0.29, 0.717) is 19.6 Å². The fourth-order valence-electron chi connectivity index (χ4n) is 4.10. The van der Waals surface area contributed by atoms with Gasteiger partial charge in [-0.1, -0.05) is 78.9 Å². The normalized spacial score (nSPS) is 19.1. The minimum atomic E-state index is -1.11. The summed E-state index contributed by atoms with van der Waals surface area (Å²) in [5.41, 5.74) is 4.46. The molecule has 1 heterocycles. The third-order valence-electron chi connectivity index (χ3n) is 5.68. The number of aryl methyl sites for hydroxylation is 1. The zero-order valence-electron chi connectivity index (χ0n) is 16.3. The third kappa shape index (κ3) is 3.74. The lowest BCUT2D eigenvalue weighted by Crippen LogP contribution is -2.52. The van der Waals surface area contributed by atoms with Gasteiger partial charge in [-0.15, -0.1) is 0 Å². The second-order valence-corrected chi connectivity index (χ2v) is 7.50. The number of hydrogen-bond acceptors (Lipinski definition) is 3. The van der Waals surface area contributed by atoms with Gasteiger partial charge in [0.25, 0.3) is 0 Å². The van der Waals surface area contributed by atoms with E-state index in [1.807, 2.05) is 36.4 Å². The van der Waals surface area contributed by atoms with E-state index in [2.05, 4.69) is 54.7 Å². The molecule has 3 aromatic rings. The molecule has 28 heavy (non-hydrogen) atoms. The van der Waals surface area contributed by atoms with Gasteiger partial charge in [0.05, 0.1) is 6.61 Å². The molecule has 144 valence electrons. The standard InChI is InChI=1S/C25H27NO2/c1-19-9-8-14-22(20-10-4-2-5-11-20)23(19)17-25(27,21-12-6-3-7-13-21)24-18-26-15-16-28-24/h2-14,24,26-27H,15-18H2,1H3. The monoisotopic (exact) mass is 373 g/mol. The quantitative estimate of drug-likeness (QED) is 0.708. The average Bonchev–Trinajstić information content (AvgIpc) is 2.77. The number of rotatable bonds is 5. The number of benzene rings is 3. The van der Waals surface area contributed by atoms with E-state index < -0.39 is 5.60 Å². The van der Waals surface area contributed by atoms with Gasteiger partial charge in [0.2, 0.25) is 0 Å². The second kappa shape index (κ2) is 8.27. The molecule has 0 aromatic heterocycles. The van der Waals surface area contributed by atoms with Gasteiger partial charge >= 0.3 is 0 Å². The highest BCUT2D eigenvalue weighted by Crippen LogP contribution is 2.36. The Morgan fingerprint density at radius 1 is 0.964 bits per heavy atom. The summed E-state index contributed by atoms with van der Waals surface area (Å²) >= 11 is 0. The highest BCUT2D eigenvalue weighted by atomic mass is 16.5. The summed E-state index contributed by atoms with van der Waals surface area (Å²) in [6, 6.07) is 26.7. The van der Waals surface area contributed by atoms with E-state index in [0.717, 1.165) is 17.7 Å². The topological polar surface area (TPSA) is 41.5 Å². The minimum absolute atomic E-state index is 0.299. The molecule has 1 aliphatic rings. The highest BCUT2D eigenvalue weighted by Gasteiger charge is 2.41. The van der Waals surface area contributed by atoms with E-state index >= 15 is 0 Å². The van der Waals surface area contributed by atoms with Gasteiger partial charge < -0.3 is 15.2 Å². The molecule has 0 bridgehead atoms. The van der Waals surface area contributed by atoms with Crippen molar-refractivity contribution in [1.29, 1.82) is 0 Å². The van der Waals surface area contributed by atoms with Crippen molar-refractivity contribution in [2.45, 2.75) is 25.0 Å². The van der Waals surface area contributed by atoms with Crippen LogP contribution in [0.1, 0.15) is 16.7 Å². The van der Waals surface area contributed by atoms with Gasteiger partial charge in [-0.05, 0) is 34.7 Å². The van der Waals surface area contributed by atoms with Gasteiger partial charge in [-0.25, -0.2) is 0 Å². The third-order valence-corrected chi connectivity index (χ3v) is 5.68. The Bertz CT molecular complexity index is 904. The maximum Gasteiger partial charge on any atom is 0.121 e. The Kier molecular flexibility index (Phi) is 5.58. The molecule has 3 aromatic carbocycles. The van der Waals surface area contributed by atoms with Gasteiger partial charge in [-0.2, -0.15) is 0 Å². The number of nitrogens with one attached hydrogen (secondary N) is 1. The first-order chi connectivity index (χ1) is 13.7. The fraction of sp³-hybridized carbons (Fsp3) is 0.280. The van der Waals surface area contributed by atoms with E-state index in [4.69, 9.17) is 4.74 Å². The summed E-state index contributed by atoms with van der Waals surface area (Å²) in [5.74, 6) is 0. The van der Waals surface area contributed by atoms with Crippen LogP contribution in [0.2, 0.25) is 0 Å². The van der Waals surface area contributed by atoms with E-state index in [-0.39, 0.29) is 6.10 Å². The maximum absolute atomic E-state index is 12.0. The molecule has 0 radical (unpaired) electrons. The van der Waals surface area contributed by atoms with Crippen molar-refractivity contribution in [3.05, 3.63) is 95.6 Å². The predicted octanol–water partition coefficient (Wildman–Crippen LogP) is 4.08. The lowest BCUT2D eigenvalue weighted by Gasteiger charge is -2.39. The first kappa shape index (κ1) is 18.9. The van der Waals surface area contributed by atoms with Crippen LogP contribution in [-0.4, -0.2) is 30.9 Å². The zero-order valence-corrected chi connectivity index (χ0v) is 16.3. The van der Waals surface area contributed by atoms with Crippen molar-refractivity contribution < 1.29 is 9.84 Å². The average molecular weight is 373 g/mol. The lowest BCUT2D eigenvalue weighted by atomic mass is 9.79.